The van der Waals surface area contributed by atoms with Crippen molar-refractivity contribution < 1.29 is 14.6 Å². The van der Waals surface area contributed by atoms with Crippen molar-refractivity contribution in [3.05, 3.63) is 0 Å². The number of carbonyl (C=O) groups is 1. The van der Waals surface area contributed by atoms with Crippen LogP contribution in [-0.2, 0) is 4.74 Å². The number of amides is 1. The Morgan fingerprint density at radius 2 is 2.19 bits per heavy atom. The number of likely N-dealkylation sites (tertiary alicyclic amines) is 1. The van der Waals surface area contributed by atoms with E-state index in [-0.39, 0.29) is 24.8 Å². The molecule has 0 aliphatic carbocycles. The predicted octanol–water partition coefficient (Wildman–Crippen LogP) is 0.706. The number of nitrogens with two attached hydrogens (primary N) is 1. The molecule has 0 saturated carbocycles. The van der Waals surface area contributed by atoms with Gasteiger partial charge >= 0.3 is 6.09 Å². The first-order valence-electron chi connectivity index (χ1n) is 5.71. The molecule has 0 aromatic rings. The Bertz CT molecular complexity index is 250. The summed E-state index contributed by atoms with van der Waals surface area (Å²) in [6, 6.07) is -0.477. The van der Waals surface area contributed by atoms with E-state index in [4.69, 9.17) is 10.5 Å². The Kier molecular flexibility index (Phi) is 4.15. The molecule has 1 heterocycles. The molecular formula is C11H22N2O3. The molecule has 1 saturated heterocycles. The van der Waals surface area contributed by atoms with Crippen LogP contribution in [0.25, 0.3) is 0 Å². The third-order valence-electron chi connectivity index (χ3n) is 2.65. The van der Waals surface area contributed by atoms with Crippen LogP contribution in [0.4, 0.5) is 4.79 Å². The molecule has 3 N–H and O–H groups in total. The Hall–Kier alpha value is -0.810. The molecule has 0 radical (unpaired) electrons. The number of hydrogen-bond donors (Lipinski definition) is 2. The second-order valence-corrected chi connectivity index (χ2v) is 5.23. The van der Waals surface area contributed by atoms with Gasteiger partial charge in [-0.15, -0.1) is 0 Å². The van der Waals surface area contributed by atoms with Crippen LogP contribution >= 0.6 is 0 Å². The fourth-order valence-corrected chi connectivity index (χ4v) is 1.87. The lowest BCUT2D eigenvalue weighted by Gasteiger charge is -2.39. The number of aliphatic hydroxyl groups excluding tert-OH is 1. The molecule has 0 bridgehead atoms. The summed E-state index contributed by atoms with van der Waals surface area (Å²) in [4.78, 5) is 13.4. The molecule has 2 atom stereocenters. The summed E-state index contributed by atoms with van der Waals surface area (Å²) in [5, 5.41) is 9.25. The van der Waals surface area contributed by atoms with Gasteiger partial charge in [0.2, 0.25) is 0 Å². The van der Waals surface area contributed by atoms with Crippen molar-refractivity contribution in [2.75, 3.05) is 13.2 Å². The molecule has 5 nitrogen and oxygen atoms in total. The molecule has 0 spiro atoms. The van der Waals surface area contributed by atoms with E-state index in [2.05, 4.69) is 0 Å². The van der Waals surface area contributed by atoms with Crippen molar-refractivity contribution in [2.24, 2.45) is 5.73 Å². The quantitative estimate of drug-likeness (QED) is 0.695. The summed E-state index contributed by atoms with van der Waals surface area (Å²) in [6.07, 6.45) is 1.31. The summed E-state index contributed by atoms with van der Waals surface area (Å²) < 4.78 is 5.28. The van der Waals surface area contributed by atoms with Gasteiger partial charge in [-0.1, -0.05) is 0 Å². The van der Waals surface area contributed by atoms with Gasteiger partial charge in [0, 0.05) is 12.6 Å². The maximum Gasteiger partial charge on any atom is 0.410 e. The summed E-state index contributed by atoms with van der Waals surface area (Å²) in [7, 11) is 0. The number of nitrogens with zero attached hydrogens (tertiary/aromatic N) is 1. The van der Waals surface area contributed by atoms with Gasteiger partial charge < -0.3 is 20.5 Å². The van der Waals surface area contributed by atoms with E-state index in [0.29, 0.717) is 6.54 Å². The number of carbonyl (C=O) groups excluding carboxylic acids is 1. The topological polar surface area (TPSA) is 75.8 Å². The monoisotopic (exact) mass is 230 g/mol. The Balaban J connectivity index is 2.66. The van der Waals surface area contributed by atoms with Gasteiger partial charge in [-0.25, -0.2) is 4.79 Å². The van der Waals surface area contributed by atoms with Crippen LogP contribution in [0, 0.1) is 0 Å². The van der Waals surface area contributed by atoms with E-state index in [0.717, 1.165) is 12.8 Å². The molecule has 0 aromatic heterocycles. The fourth-order valence-electron chi connectivity index (χ4n) is 1.87. The zero-order valence-corrected chi connectivity index (χ0v) is 10.3. The normalized spacial score (nSPS) is 26.7. The zero-order valence-electron chi connectivity index (χ0n) is 10.3. The van der Waals surface area contributed by atoms with Gasteiger partial charge in [0.1, 0.15) is 5.60 Å². The lowest BCUT2D eigenvalue weighted by molar-refractivity contribution is -0.00210. The van der Waals surface area contributed by atoms with Crippen LogP contribution in [0.5, 0.6) is 0 Å². The summed E-state index contributed by atoms with van der Waals surface area (Å²) in [5.74, 6) is 0. The van der Waals surface area contributed by atoms with Crippen LogP contribution < -0.4 is 5.73 Å². The lowest BCUT2D eigenvalue weighted by atomic mass is 9.98. The Labute approximate surface area is 96.6 Å². The van der Waals surface area contributed by atoms with Crippen LogP contribution in [0.1, 0.15) is 33.6 Å². The molecular weight excluding hydrogens is 208 g/mol. The molecule has 16 heavy (non-hydrogen) atoms. The van der Waals surface area contributed by atoms with Gasteiger partial charge in [-0.2, -0.15) is 0 Å². The van der Waals surface area contributed by atoms with Crippen LogP contribution in [0.15, 0.2) is 0 Å². The van der Waals surface area contributed by atoms with Crippen LogP contribution in [0.2, 0.25) is 0 Å². The molecule has 1 amide bonds. The highest BCUT2D eigenvalue weighted by Crippen LogP contribution is 2.19. The molecule has 1 rings (SSSR count). The van der Waals surface area contributed by atoms with Crippen LogP contribution in [0.3, 0.4) is 0 Å². The highest BCUT2D eigenvalue weighted by atomic mass is 16.6. The molecule has 0 aromatic carbocycles. The maximum absolute atomic E-state index is 11.9. The first-order chi connectivity index (χ1) is 7.35. The SMILES string of the molecule is CC(C)(C)OC(=O)N1CCCC(N)C1CO. The Morgan fingerprint density at radius 3 is 2.69 bits per heavy atom. The van der Waals surface area contributed by atoms with Gasteiger partial charge in [0.15, 0.2) is 0 Å². The van der Waals surface area contributed by atoms with E-state index >= 15 is 0 Å². The van der Waals surface area contributed by atoms with Crippen molar-refractivity contribution in [1.29, 1.82) is 0 Å². The average molecular weight is 230 g/mol. The molecule has 1 aliphatic rings. The third kappa shape index (κ3) is 3.35. The number of ether oxygens (including phenoxy) is 1. The van der Waals surface area contributed by atoms with Crippen molar-refractivity contribution in [2.45, 2.75) is 51.3 Å². The zero-order chi connectivity index (χ0) is 12.3. The van der Waals surface area contributed by atoms with Crippen molar-refractivity contribution in [3.63, 3.8) is 0 Å². The molecule has 5 heteroatoms. The minimum atomic E-state index is -0.515. The number of hydrogen-bond acceptors (Lipinski definition) is 4. The molecule has 1 aliphatic heterocycles. The standard InChI is InChI=1S/C11H22N2O3/c1-11(2,3)16-10(15)13-6-4-5-8(12)9(13)7-14/h8-9,14H,4-7,12H2,1-3H3. The van der Waals surface area contributed by atoms with Crippen molar-refractivity contribution in [1.82, 2.24) is 4.90 Å². The first kappa shape index (κ1) is 13.3. The van der Waals surface area contributed by atoms with E-state index < -0.39 is 5.60 Å². The highest BCUT2D eigenvalue weighted by Gasteiger charge is 2.34. The molecule has 1 fully saturated rings. The van der Waals surface area contributed by atoms with Gasteiger partial charge in [-0.05, 0) is 33.6 Å². The van der Waals surface area contributed by atoms with E-state index in [9.17, 15) is 9.90 Å². The minimum absolute atomic E-state index is 0.111. The third-order valence-corrected chi connectivity index (χ3v) is 2.65. The predicted molar refractivity (Wildman–Crippen MR) is 61.0 cm³/mol. The molecule has 94 valence electrons. The van der Waals surface area contributed by atoms with E-state index in [1.54, 1.807) is 4.90 Å². The van der Waals surface area contributed by atoms with Crippen molar-refractivity contribution in [3.8, 4) is 0 Å². The lowest BCUT2D eigenvalue weighted by Crippen LogP contribution is -2.56. The van der Waals surface area contributed by atoms with Crippen molar-refractivity contribution >= 4 is 6.09 Å². The van der Waals surface area contributed by atoms with Gasteiger partial charge in [-0.3, -0.25) is 0 Å². The van der Waals surface area contributed by atoms with Gasteiger partial charge in [0.25, 0.3) is 0 Å². The van der Waals surface area contributed by atoms with E-state index in [1.807, 2.05) is 20.8 Å². The minimum Gasteiger partial charge on any atom is -0.444 e. The summed E-state index contributed by atoms with van der Waals surface area (Å²) in [6.45, 7) is 5.96. The maximum atomic E-state index is 11.9. The number of piperidine rings is 1. The fraction of sp³-hybridized carbons (Fsp3) is 0.909. The summed E-state index contributed by atoms with van der Waals surface area (Å²) in [5.41, 5.74) is 5.36. The average Bonchev–Trinajstić information content (AvgIpc) is 2.14. The first-order valence-corrected chi connectivity index (χ1v) is 5.71. The number of aliphatic hydroxyl groups is 1. The number of rotatable bonds is 1. The summed E-state index contributed by atoms with van der Waals surface area (Å²) >= 11 is 0. The second kappa shape index (κ2) is 5.01. The highest BCUT2D eigenvalue weighted by molar-refractivity contribution is 5.68. The van der Waals surface area contributed by atoms with Crippen LogP contribution in [-0.4, -0.2) is 46.9 Å². The smallest absolute Gasteiger partial charge is 0.410 e. The second-order valence-electron chi connectivity index (χ2n) is 5.23. The molecule has 2 unspecified atom stereocenters. The Morgan fingerprint density at radius 1 is 1.56 bits per heavy atom. The van der Waals surface area contributed by atoms with E-state index in [1.165, 1.54) is 0 Å². The largest absolute Gasteiger partial charge is 0.444 e. The van der Waals surface area contributed by atoms with Gasteiger partial charge in [0.05, 0.1) is 12.6 Å².